The fourth-order valence-electron chi connectivity index (χ4n) is 1.43. The van der Waals surface area contributed by atoms with Gasteiger partial charge < -0.3 is 4.42 Å². The second kappa shape index (κ2) is 2.41. The summed E-state index contributed by atoms with van der Waals surface area (Å²) in [4.78, 5) is 21.4. The molecular formula is C9H5N3O2. The van der Waals surface area contributed by atoms with Gasteiger partial charge in [-0.15, -0.1) is 0 Å². The van der Waals surface area contributed by atoms with Crippen LogP contribution in [0, 0.1) is 0 Å². The zero-order chi connectivity index (χ0) is 9.54. The van der Waals surface area contributed by atoms with Crippen LogP contribution in [0.2, 0.25) is 0 Å². The summed E-state index contributed by atoms with van der Waals surface area (Å²) in [6, 6.07) is 3.50. The second-order valence-corrected chi connectivity index (χ2v) is 2.94. The van der Waals surface area contributed by atoms with Crippen molar-refractivity contribution in [3.63, 3.8) is 0 Å². The van der Waals surface area contributed by atoms with Crippen molar-refractivity contribution in [3.05, 3.63) is 35.2 Å². The number of nitrogens with zero attached hydrogens (tertiary/aromatic N) is 2. The van der Waals surface area contributed by atoms with Gasteiger partial charge in [-0.2, -0.15) is 0 Å². The molecule has 0 spiro atoms. The highest BCUT2D eigenvalue weighted by molar-refractivity contribution is 5.91. The molecule has 5 nitrogen and oxygen atoms in total. The lowest BCUT2D eigenvalue weighted by Gasteiger charge is -1.93. The third-order valence-electron chi connectivity index (χ3n) is 2.05. The minimum absolute atomic E-state index is 0.455. The van der Waals surface area contributed by atoms with E-state index in [1.54, 1.807) is 18.3 Å². The fraction of sp³-hybridized carbons (Fsp3) is 0. The van der Waals surface area contributed by atoms with E-state index in [1.165, 1.54) is 6.33 Å². The van der Waals surface area contributed by atoms with E-state index in [0.717, 1.165) is 10.9 Å². The highest BCUT2D eigenvalue weighted by Crippen LogP contribution is 2.17. The Kier molecular flexibility index (Phi) is 1.25. The summed E-state index contributed by atoms with van der Waals surface area (Å²) < 4.78 is 4.90. The van der Waals surface area contributed by atoms with Gasteiger partial charge in [0.15, 0.2) is 5.58 Å². The number of benzene rings is 1. The summed E-state index contributed by atoms with van der Waals surface area (Å²) in [7, 11) is 0. The Hall–Kier alpha value is -2.17. The Morgan fingerprint density at radius 2 is 2.29 bits per heavy atom. The normalized spacial score (nSPS) is 11.1. The first-order chi connectivity index (χ1) is 6.83. The summed E-state index contributed by atoms with van der Waals surface area (Å²) in [6.45, 7) is 0. The van der Waals surface area contributed by atoms with Gasteiger partial charge in [0.25, 0.3) is 0 Å². The molecule has 0 fully saturated rings. The first-order valence-electron chi connectivity index (χ1n) is 4.05. The van der Waals surface area contributed by atoms with E-state index in [-0.39, 0.29) is 0 Å². The van der Waals surface area contributed by atoms with Crippen LogP contribution in [0.3, 0.4) is 0 Å². The molecule has 0 unspecified atom stereocenters. The topological polar surface area (TPSA) is 71.8 Å². The lowest BCUT2D eigenvalue weighted by Crippen LogP contribution is -1.92. The number of rotatable bonds is 0. The lowest BCUT2D eigenvalue weighted by molar-refractivity contribution is 0.555. The van der Waals surface area contributed by atoms with Crippen LogP contribution in [-0.4, -0.2) is 15.0 Å². The minimum Gasteiger partial charge on any atom is -0.408 e. The maximum Gasteiger partial charge on any atom is 0.417 e. The van der Waals surface area contributed by atoms with Gasteiger partial charge in [0.2, 0.25) is 0 Å². The number of nitrogens with one attached hydrogen (secondary N) is 1. The number of hydrogen-bond donors (Lipinski definition) is 1. The van der Waals surface area contributed by atoms with Gasteiger partial charge in [0.1, 0.15) is 6.33 Å². The van der Waals surface area contributed by atoms with Crippen LogP contribution in [-0.2, 0) is 0 Å². The first kappa shape index (κ1) is 7.25. The Labute approximate surface area is 77.4 Å². The Morgan fingerprint density at radius 3 is 3.21 bits per heavy atom. The van der Waals surface area contributed by atoms with Crippen molar-refractivity contribution in [2.24, 2.45) is 0 Å². The summed E-state index contributed by atoms with van der Waals surface area (Å²) in [5, 5.41) is 0.872. The summed E-state index contributed by atoms with van der Waals surface area (Å²) in [5.41, 5.74) is 1.94. The number of fused-ring (bicyclic) bond motifs is 2. The van der Waals surface area contributed by atoms with Crippen molar-refractivity contribution in [2.75, 3.05) is 0 Å². The largest absolute Gasteiger partial charge is 0.417 e. The molecule has 0 aliphatic carbocycles. The van der Waals surface area contributed by atoms with Gasteiger partial charge in [-0.1, -0.05) is 0 Å². The highest BCUT2D eigenvalue weighted by Gasteiger charge is 2.03. The van der Waals surface area contributed by atoms with Crippen LogP contribution in [0.1, 0.15) is 0 Å². The molecule has 2 heterocycles. The highest BCUT2D eigenvalue weighted by atomic mass is 16.4. The summed E-state index contributed by atoms with van der Waals surface area (Å²) in [5.74, 6) is -0.455. The number of aromatic nitrogens is 3. The van der Waals surface area contributed by atoms with Gasteiger partial charge in [-0.25, -0.2) is 14.8 Å². The molecule has 0 radical (unpaired) electrons. The van der Waals surface area contributed by atoms with E-state index in [1.807, 2.05) is 0 Å². The smallest absolute Gasteiger partial charge is 0.408 e. The lowest BCUT2D eigenvalue weighted by atomic mass is 10.2. The Balaban J connectivity index is 2.57. The maximum absolute atomic E-state index is 10.9. The number of oxazole rings is 1. The third-order valence-corrected chi connectivity index (χ3v) is 2.05. The van der Waals surface area contributed by atoms with Crippen LogP contribution in [0.4, 0.5) is 0 Å². The van der Waals surface area contributed by atoms with Crippen molar-refractivity contribution in [1.82, 2.24) is 15.0 Å². The Bertz CT molecular complexity index is 613. The predicted octanol–water partition coefficient (Wildman–Crippen LogP) is 1.06. The van der Waals surface area contributed by atoms with Crippen molar-refractivity contribution in [2.45, 2.75) is 0 Å². The molecule has 0 saturated carbocycles. The number of aromatic amines is 1. The molecule has 0 aliphatic heterocycles. The molecule has 2 aromatic heterocycles. The molecule has 14 heavy (non-hydrogen) atoms. The van der Waals surface area contributed by atoms with Crippen LogP contribution in [0.5, 0.6) is 0 Å². The number of hydrogen-bond acceptors (Lipinski definition) is 4. The molecule has 3 rings (SSSR count). The van der Waals surface area contributed by atoms with Gasteiger partial charge in [0.05, 0.1) is 11.0 Å². The molecule has 1 aromatic carbocycles. The van der Waals surface area contributed by atoms with Crippen molar-refractivity contribution < 1.29 is 4.42 Å². The van der Waals surface area contributed by atoms with Crippen molar-refractivity contribution in [3.8, 4) is 0 Å². The third kappa shape index (κ3) is 0.922. The van der Waals surface area contributed by atoms with Crippen LogP contribution in [0.15, 0.2) is 33.9 Å². The standard InChI is InChI=1S/C9H5N3O2/c13-9-12-7-1-5-3-10-4-11-6(5)2-8(7)14-9/h1-4H,(H,12,13). The van der Waals surface area contributed by atoms with Crippen LogP contribution >= 0.6 is 0 Å². The molecule has 0 amide bonds. The van der Waals surface area contributed by atoms with Crippen molar-refractivity contribution in [1.29, 1.82) is 0 Å². The Morgan fingerprint density at radius 1 is 1.36 bits per heavy atom. The van der Waals surface area contributed by atoms with E-state index in [2.05, 4.69) is 15.0 Å². The monoisotopic (exact) mass is 187 g/mol. The second-order valence-electron chi connectivity index (χ2n) is 2.94. The summed E-state index contributed by atoms with van der Waals surface area (Å²) >= 11 is 0. The van der Waals surface area contributed by atoms with Crippen LogP contribution < -0.4 is 5.76 Å². The minimum atomic E-state index is -0.455. The molecular weight excluding hydrogens is 182 g/mol. The van der Waals surface area contributed by atoms with Crippen LogP contribution in [0.25, 0.3) is 22.0 Å². The van der Waals surface area contributed by atoms with Gasteiger partial charge in [-0.05, 0) is 6.07 Å². The predicted molar refractivity (Wildman–Crippen MR) is 49.9 cm³/mol. The first-order valence-corrected chi connectivity index (χ1v) is 4.05. The molecule has 5 heteroatoms. The number of H-pyrrole nitrogens is 1. The van der Waals surface area contributed by atoms with E-state index < -0.39 is 5.76 Å². The zero-order valence-electron chi connectivity index (χ0n) is 7.02. The van der Waals surface area contributed by atoms with E-state index in [0.29, 0.717) is 11.1 Å². The fourth-order valence-corrected chi connectivity index (χ4v) is 1.43. The average Bonchev–Trinajstić information content (AvgIpc) is 2.53. The zero-order valence-corrected chi connectivity index (χ0v) is 7.02. The van der Waals surface area contributed by atoms with Gasteiger partial charge >= 0.3 is 5.76 Å². The molecule has 0 saturated heterocycles. The SMILES string of the molecule is O=c1[nH]c2cc3cncnc3cc2o1. The quantitative estimate of drug-likeness (QED) is 0.571. The molecule has 0 bridgehead atoms. The molecule has 3 aromatic rings. The molecule has 0 atom stereocenters. The van der Waals surface area contributed by atoms with E-state index in [4.69, 9.17) is 4.42 Å². The molecule has 0 aliphatic rings. The van der Waals surface area contributed by atoms with E-state index in [9.17, 15) is 4.79 Å². The molecule has 68 valence electrons. The van der Waals surface area contributed by atoms with E-state index >= 15 is 0 Å². The average molecular weight is 187 g/mol. The van der Waals surface area contributed by atoms with Gasteiger partial charge in [0, 0.05) is 17.6 Å². The molecule has 1 N–H and O–H groups in total. The summed E-state index contributed by atoms with van der Waals surface area (Å²) in [6.07, 6.45) is 3.14. The van der Waals surface area contributed by atoms with Gasteiger partial charge in [-0.3, -0.25) is 4.98 Å². The maximum atomic E-state index is 10.9. The van der Waals surface area contributed by atoms with Crippen molar-refractivity contribution >= 4 is 22.0 Å².